The third-order valence-corrected chi connectivity index (χ3v) is 5.72. The maximum absolute atomic E-state index is 12.8. The lowest BCUT2D eigenvalue weighted by Crippen LogP contribution is -2.51. The highest BCUT2D eigenvalue weighted by molar-refractivity contribution is 7.89. The summed E-state index contributed by atoms with van der Waals surface area (Å²) in [6.45, 7) is 5.94. The average molecular weight is 298 g/mol. The molecule has 0 spiro atoms. The Hall–Kier alpha value is -1.11. The summed E-state index contributed by atoms with van der Waals surface area (Å²) in [6, 6.07) is 6.55. The molecule has 0 radical (unpaired) electrons. The Balaban J connectivity index is 2.36. The van der Waals surface area contributed by atoms with E-state index >= 15 is 0 Å². The van der Waals surface area contributed by atoms with Crippen LogP contribution in [-0.2, 0) is 10.0 Å². The largest absolute Gasteiger partial charge is 0.497 e. The molecule has 1 heterocycles. The number of hydrogen-bond donors (Lipinski definition) is 1. The Labute approximate surface area is 121 Å². The molecular weight excluding hydrogens is 276 g/mol. The number of rotatable bonds is 3. The predicted molar refractivity (Wildman–Crippen MR) is 78.5 cm³/mol. The smallest absolute Gasteiger partial charge is 0.243 e. The standard InChI is InChI=1S/C14H22N2O3S/c1-14(2)11-15-9-4-10-16(14)20(17,18)13-7-5-12(19-3)6-8-13/h5-8,15H,4,9-11H2,1-3H3. The first-order valence-corrected chi connectivity index (χ1v) is 8.19. The summed E-state index contributed by atoms with van der Waals surface area (Å²) in [4.78, 5) is 0.313. The molecule has 6 heteroatoms. The predicted octanol–water partition coefficient (Wildman–Crippen LogP) is 1.46. The summed E-state index contributed by atoms with van der Waals surface area (Å²) < 4.78 is 32.3. The van der Waals surface area contributed by atoms with Gasteiger partial charge in [-0.2, -0.15) is 4.31 Å². The highest BCUT2D eigenvalue weighted by Crippen LogP contribution is 2.27. The first-order chi connectivity index (χ1) is 9.38. The van der Waals surface area contributed by atoms with Gasteiger partial charge in [0, 0.05) is 18.6 Å². The molecule has 1 fully saturated rings. The maximum atomic E-state index is 12.8. The van der Waals surface area contributed by atoms with E-state index in [0.717, 1.165) is 13.0 Å². The van der Waals surface area contributed by atoms with Crippen molar-refractivity contribution >= 4 is 10.0 Å². The quantitative estimate of drug-likeness (QED) is 0.918. The lowest BCUT2D eigenvalue weighted by Gasteiger charge is -2.35. The molecule has 0 saturated carbocycles. The number of nitrogens with zero attached hydrogens (tertiary/aromatic N) is 1. The van der Waals surface area contributed by atoms with Crippen LogP contribution in [0.2, 0.25) is 0 Å². The second-order valence-corrected chi connectivity index (χ2v) is 7.46. The number of hydrogen-bond acceptors (Lipinski definition) is 4. The Morgan fingerprint density at radius 3 is 2.50 bits per heavy atom. The molecule has 1 aromatic rings. The van der Waals surface area contributed by atoms with Crippen LogP contribution in [-0.4, -0.2) is 45.0 Å². The van der Waals surface area contributed by atoms with Crippen molar-refractivity contribution < 1.29 is 13.2 Å². The summed E-state index contributed by atoms with van der Waals surface area (Å²) in [5.41, 5.74) is -0.435. The van der Waals surface area contributed by atoms with Crippen molar-refractivity contribution in [3.8, 4) is 5.75 Å². The second-order valence-electron chi connectivity index (χ2n) is 5.60. The van der Waals surface area contributed by atoms with Crippen molar-refractivity contribution in [1.82, 2.24) is 9.62 Å². The third-order valence-electron chi connectivity index (χ3n) is 3.59. The molecule has 0 aromatic heterocycles. The minimum atomic E-state index is -3.48. The summed E-state index contributed by atoms with van der Waals surface area (Å²) in [5, 5.41) is 3.28. The molecule has 112 valence electrons. The molecule has 0 atom stereocenters. The molecule has 20 heavy (non-hydrogen) atoms. The number of methoxy groups -OCH3 is 1. The zero-order valence-corrected chi connectivity index (χ0v) is 13.0. The van der Waals surface area contributed by atoms with Crippen LogP contribution in [0.5, 0.6) is 5.75 Å². The van der Waals surface area contributed by atoms with Crippen molar-refractivity contribution in [2.75, 3.05) is 26.7 Å². The summed E-state index contributed by atoms with van der Waals surface area (Å²) in [5.74, 6) is 0.653. The van der Waals surface area contributed by atoms with Gasteiger partial charge in [0.1, 0.15) is 5.75 Å². The van der Waals surface area contributed by atoms with Crippen LogP contribution in [0, 0.1) is 0 Å². The van der Waals surface area contributed by atoms with E-state index in [-0.39, 0.29) is 0 Å². The number of sulfonamides is 1. The molecule has 2 rings (SSSR count). The molecule has 1 aliphatic heterocycles. The van der Waals surface area contributed by atoms with Crippen molar-refractivity contribution in [3.05, 3.63) is 24.3 Å². The Kier molecular flexibility index (Phi) is 4.36. The van der Waals surface area contributed by atoms with Gasteiger partial charge in [0.05, 0.1) is 12.0 Å². The molecule has 1 aliphatic rings. The van der Waals surface area contributed by atoms with Crippen molar-refractivity contribution in [2.24, 2.45) is 0 Å². The molecule has 0 bridgehead atoms. The Morgan fingerprint density at radius 2 is 1.90 bits per heavy atom. The van der Waals surface area contributed by atoms with Gasteiger partial charge in [0.2, 0.25) is 10.0 Å². The van der Waals surface area contributed by atoms with E-state index in [0.29, 0.717) is 23.7 Å². The van der Waals surface area contributed by atoms with Gasteiger partial charge in [0.15, 0.2) is 0 Å². The van der Waals surface area contributed by atoms with E-state index in [1.165, 1.54) is 0 Å². The first kappa shape index (κ1) is 15.3. The molecule has 1 N–H and O–H groups in total. The van der Waals surface area contributed by atoms with Crippen molar-refractivity contribution in [3.63, 3.8) is 0 Å². The maximum Gasteiger partial charge on any atom is 0.243 e. The van der Waals surface area contributed by atoms with E-state index in [2.05, 4.69) is 5.32 Å². The fourth-order valence-electron chi connectivity index (χ4n) is 2.45. The van der Waals surface area contributed by atoms with Gasteiger partial charge < -0.3 is 10.1 Å². The van der Waals surface area contributed by atoms with Gasteiger partial charge in [-0.05, 0) is 51.1 Å². The van der Waals surface area contributed by atoms with E-state index in [1.54, 1.807) is 35.7 Å². The Morgan fingerprint density at radius 1 is 1.25 bits per heavy atom. The van der Waals surface area contributed by atoms with Gasteiger partial charge in [-0.15, -0.1) is 0 Å². The number of nitrogens with one attached hydrogen (secondary N) is 1. The van der Waals surface area contributed by atoms with Gasteiger partial charge in [-0.3, -0.25) is 0 Å². The van der Waals surface area contributed by atoms with Crippen LogP contribution < -0.4 is 10.1 Å². The molecule has 0 aliphatic carbocycles. The highest BCUT2D eigenvalue weighted by atomic mass is 32.2. The minimum absolute atomic E-state index is 0.313. The average Bonchev–Trinajstić information content (AvgIpc) is 2.59. The van der Waals surface area contributed by atoms with Crippen molar-refractivity contribution in [2.45, 2.75) is 30.7 Å². The van der Waals surface area contributed by atoms with Crippen LogP contribution in [0.3, 0.4) is 0 Å². The van der Waals surface area contributed by atoms with Crippen LogP contribution in [0.1, 0.15) is 20.3 Å². The number of benzene rings is 1. The monoisotopic (exact) mass is 298 g/mol. The molecule has 1 saturated heterocycles. The third kappa shape index (κ3) is 2.97. The summed E-state index contributed by atoms with van der Waals surface area (Å²) >= 11 is 0. The topological polar surface area (TPSA) is 58.6 Å². The van der Waals surface area contributed by atoms with Crippen LogP contribution in [0.4, 0.5) is 0 Å². The van der Waals surface area contributed by atoms with Gasteiger partial charge in [-0.1, -0.05) is 0 Å². The molecule has 1 aromatic carbocycles. The van der Waals surface area contributed by atoms with Crippen LogP contribution in [0.25, 0.3) is 0 Å². The molecule has 0 amide bonds. The highest BCUT2D eigenvalue weighted by Gasteiger charge is 2.37. The SMILES string of the molecule is COc1ccc(S(=O)(=O)N2CCCNCC2(C)C)cc1. The van der Waals surface area contributed by atoms with Crippen LogP contribution >= 0.6 is 0 Å². The minimum Gasteiger partial charge on any atom is -0.497 e. The fraction of sp³-hybridized carbons (Fsp3) is 0.571. The molecule has 5 nitrogen and oxygen atoms in total. The fourth-order valence-corrected chi connectivity index (χ4v) is 4.27. The molecular formula is C14H22N2O3S. The summed E-state index contributed by atoms with van der Waals surface area (Å²) in [7, 11) is -1.92. The van der Waals surface area contributed by atoms with E-state index < -0.39 is 15.6 Å². The van der Waals surface area contributed by atoms with Crippen LogP contribution in [0.15, 0.2) is 29.2 Å². The first-order valence-electron chi connectivity index (χ1n) is 6.75. The lowest BCUT2D eigenvalue weighted by atomic mass is 10.1. The number of ether oxygens (including phenoxy) is 1. The summed E-state index contributed by atoms with van der Waals surface area (Å²) in [6.07, 6.45) is 0.818. The van der Waals surface area contributed by atoms with E-state index in [4.69, 9.17) is 4.74 Å². The second kappa shape index (κ2) is 5.71. The zero-order valence-electron chi connectivity index (χ0n) is 12.2. The normalized spacial score (nSPS) is 20.4. The van der Waals surface area contributed by atoms with E-state index in [1.807, 2.05) is 13.8 Å². The van der Waals surface area contributed by atoms with Gasteiger partial charge in [-0.25, -0.2) is 8.42 Å². The van der Waals surface area contributed by atoms with E-state index in [9.17, 15) is 8.42 Å². The van der Waals surface area contributed by atoms with Gasteiger partial charge >= 0.3 is 0 Å². The Bertz CT molecular complexity index is 552. The lowest BCUT2D eigenvalue weighted by molar-refractivity contribution is 0.242. The van der Waals surface area contributed by atoms with Crippen molar-refractivity contribution in [1.29, 1.82) is 0 Å². The van der Waals surface area contributed by atoms with Gasteiger partial charge in [0.25, 0.3) is 0 Å². The zero-order chi connectivity index (χ0) is 14.8. The molecule has 0 unspecified atom stereocenters.